The zero-order valence-electron chi connectivity index (χ0n) is 9.05. The van der Waals surface area contributed by atoms with Crippen LogP contribution in [0, 0.1) is 0 Å². The first-order chi connectivity index (χ1) is 8.21. The third-order valence-corrected chi connectivity index (χ3v) is 4.49. The second-order valence-electron chi connectivity index (χ2n) is 4.00. The van der Waals surface area contributed by atoms with Crippen LogP contribution in [0.15, 0.2) is 29.2 Å². The summed E-state index contributed by atoms with van der Waals surface area (Å²) in [6, 6.07) is 3.29. The molecule has 1 aromatic carbocycles. The van der Waals surface area contributed by atoms with Crippen molar-refractivity contribution in [3.05, 3.63) is 29.8 Å². The molecule has 1 aliphatic rings. The fourth-order valence-corrected chi connectivity index (χ4v) is 3.09. The Labute approximate surface area is 102 Å². The van der Waals surface area contributed by atoms with Crippen LogP contribution in [-0.4, -0.2) is 37.0 Å². The van der Waals surface area contributed by atoms with Crippen molar-refractivity contribution in [2.75, 3.05) is 13.1 Å². The average molecular weight is 281 g/mol. The van der Waals surface area contributed by atoms with Gasteiger partial charge < -0.3 is 5.11 Å². The molecule has 1 aromatic rings. The molecule has 0 radical (unpaired) electrons. The van der Waals surface area contributed by atoms with Gasteiger partial charge in [-0.1, -0.05) is 0 Å². The van der Waals surface area contributed by atoms with Crippen molar-refractivity contribution in [1.82, 2.24) is 4.31 Å². The number of aliphatic hydroxyl groups excluding tert-OH is 1. The minimum Gasteiger partial charge on any atom is -0.390 e. The Balaban J connectivity index is 2.25. The predicted molar refractivity (Wildman–Crippen MR) is 56.2 cm³/mol. The highest BCUT2D eigenvalue weighted by molar-refractivity contribution is 7.89. The Morgan fingerprint density at radius 1 is 1.17 bits per heavy atom. The molecule has 4 nitrogen and oxygen atoms in total. The first kappa shape index (κ1) is 13.3. The van der Waals surface area contributed by atoms with E-state index in [9.17, 15) is 21.6 Å². The van der Waals surface area contributed by atoms with Crippen LogP contribution in [0.5, 0.6) is 0 Å². The highest BCUT2D eigenvalue weighted by Gasteiger charge is 2.36. The zero-order chi connectivity index (χ0) is 13.6. The molecule has 0 unspecified atom stereocenters. The second-order valence-corrected chi connectivity index (χ2v) is 5.94. The normalized spacial score (nSPS) is 18.7. The number of nitrogens with zero attached hydrogens (tertiary/aromatic N) is 1. The molecular weight excluding hydrogens is 271 g/mol. The minimum atomic E-state index is -4.49. The lowest BCUT2D eigenvalue weighted by Crippen LogP contribution is -2.53. The van der Waals surface area contributed by atoms with Crippen molar-refractivity contribution in [3.8, 4) is 0 Å². The highest BCUT2D eigenvalue weighted by Crippen LogP contribution is 2.30. The first-order valence-electron chi connectivity index (χ1n) is 5.07. The number of hydrogen-bond acceptors (Lipinski definition) is 3. The summed E-state index contributed by atoms with van der Waals surface area (Å²) in [5.74, 6) is 0. The molecule has 0 atom stereocenters. The van der Waals surface area contributed by atoms with Crippen LogP contribution in [0.2, 0.25) is 0 Å². The van der Waals surface area contributed by atoms with Crippen molar-refractivity contribution >= 4 is 10.0 Å². The molecule has 1 saturated heterocycles. The van der Waals surface area contributed by atoms with Crippen LogP contribution >= 0.6 is 0 Å². The van der Waals surface area contributed by atoms with Gasteiger partial charge in [0.05, 0.1) is 16.6 Å². The van der Waals surface area contributed by atoms with E-state index in [1.54, 1.807) is 0 Å². The molecule has 0 aromatic heterocycles. The SMILES string of the molecule is O=S(=O)(c1ccc(C(F)(F)F)cc1)N1CC(O)C1. The fraction of sp³-hybridized carbons (Fsp3) is 0.400. The van der Waals surface area contributed by atoms with E-state index in [1.807, 2.05) is 0 Å². The van der Waals surface area contributed by atoms with Gasteiger partial charge in [-0.05, 0) is 24.3 Å². The molecule has 8 heteroatoms. The second kappa shape index (κ2) is 4.22. The number of rotatable bonds is 2. The summed E-state index contributed by atoms with van der Waals surface area (Å²) >= 11 is 0. The Hall–Kier alpha value is -1.12. The minimum absolute atomic E-state index is 0.0244. The van der Waals surface area contributed by atoms with Gasteiger partial charge >= 0.3 is 6.18 Å². The number of hydrogen-bond donors (Lipinski definition) is 1. The lowest BCUT2D eigenvalue weighted by molar-refractivity contribution is -0.137. The highest BCUT2D eigenvalue weighted by atomic mass is 32.2. The van der Waals surface area contributed by atoms with Gasteiger partial charge in [-0.2, -0.15) is 17.5 Å². The van der Waals surface area contributed by atoms with Crippen molar-refractivity contribution in [3.63, 3.8) is 0 Å². The molecule has 0 spiro atoms. The lowest BCUT2D eigenvalue weighted by atomic mass is 10.2. The molecule has 1 N–H and O–H groups in total. The van der Waals surface area contributed by atoms with Crippen molar-refractivity contribution in [1.29, 1.82) is 0 Å². The molecule has 0 aliphatic carbocycles. The summed E-state index contributed by atoms with van der Waals surface area (Å²) in [6.07, 6.45) is -5.19. The van der Waals surface area contributed by atoms with Gasteiger partial charge in [-0.15, -0.1) is 0 Å². The monoisotopic (exact) mass is 281 g/mol. The molecule has 0 bridgehead atoms. The van der Waals surface area contributed by atoms with Gasteiger partial charge in [-0.25, -0.2) is 8.42 Å². The van der Waals surface area contributed by atoms with Gasteiger partial charge in [0.15, 0.2) is 0 Å². The van der Waals surface area contributed by atoms with E-state index in [1.165, 1.54) is 0 Å². The van der Waals surface area contributed by atoms with E-state index < -0.39 is 27.9 Å². The maximum atomic E-state index is 12.3. The van der Waals surface area contributed by atoms with E-state index in [4.69, 9.17) is 5.11 Å². The summed E-state index contributed by atoms with van der Waals surface area (Å²) in [5, 5.41) is 9.02. The van der Waals surface area contributed by atoms with Crippen LogP contribution < -0.4 is 0 Å². The standard InChI is InChI=1S/C10H10F3NO3S/c11-10(12,13)7-1-3-9(4-2-7)18(16,17)14-5-8(15)6-14/h1-4,8,15H,5-6H2. The Bertz CT molecular complexity index is 532. The smallest absolute Gasteiger partial charge is 0.390 e. The maximum absolute atomic E-state index is 12.3. The van der Waals surface area contributed by atoms with Crippen molar-refractivity contribution < 1.29 is 26.7 Å². The summed E-state index contributed by atoms with van der Waals surface area (Å²) in [4.78, 5) is -0.206. The molecule has 18 heavy (non-hydrogen) atoms. The number of halogens is 3. The van der Waals surface area contributed by atoms with Gasteiger partial charge in [0.25, 0.3) is 0 Å². The molecule has 100 valence electrons. The summed E-state index contributed by atoms with van der Waals surface area (Å²) in [5.41, 5.74) is -0.898. The van der Waals surface area contributed by atoms with Crippen LogP contribution in [0.25, 0.3) is 0 Å². The van der Waals surface area contributed by atoms with Gasteiger partial charge in [0, 0.05) is 13.1 Å². The molecule has 1 aliphatic heterocycles. The van der Waals surface area contributed by atoms with Crippen LogP contribution in [0.3, 0.4) is 0 Å². The van der Waals surface area contributed by atoms with Crippen LogP contribution in [-0.2, 0) is 16.2 Å². The number of alkyl halides is 3. The molecular formula is C10H10F3NO3S. The zero-order valence-corrected chi connectivity index (χ0v) is 9.87. The third-order valence-electron chi connectivity index (χ3n) is 2.65. The number of benzene rings is 1. The predicted octanol–water partition coefficient (Wildman–Crippen LogP) is 1.07. The van der Waals surface area contributed by atoms with E-state index in [2.05, 4.69) is 0 Å². The fourth-order valence-electron chi connectivity index (χ4n) is 1.58. The van der Waals surface area contributed by atoms with Gasteiger partial charge in [-0.3, -0.25) is 0 Å². The van der Waals surface area contributed by atoms with E-state index >= 15 is 0 Å². The summed E-state index contributed by atoms with van der Waals surface area (Å²) in [7, 11) is -3.79. The molecule has 0 amide bonds. The van der Waals surface area contributed by atoms with E-state index in [-0.39, 0.29) is 18.0 Å². The lowest BCUT2D eigenvalue weighted by Gasteiger charge is -2.34. The van der Waals surface area contributed by atoms with Crippen molar-refractivity contribution in [2.45, 2.75) is 17.2 Å². The van der Waals surface area contributed by atoms with Crippen molar-refractivity contribution in [2.24, 2.45) is 0 Å². The summed E-state index contributed by atoms with van der Waals surface area (Å²) in [6.45, 7) is -0.0489. The Kier molecular flexibility index (Phi) is 3.12. The number of sulfonamides is 1. The number of β-amino-alcohol motifs (C(OH)–C–C–N with tert-alkyl or cyclic N) is 1. The van der Waals surface area contributed by atoms with Gasteiger partial charge in [0.2, 0.25) is 10.0 Å². The molecule has 1 heterocycles. The van der Waals surface area contributed by atoms with Crippen LogP contribution in [0.4, 0.5) is 13.2 Å². The number of aliphatic hydroxyl groups is 1. The quantitative estimate of drug-likeness (QED) is 0.882. The largest absolute Gasteiger partial charge is 0.416 e. The average Bonchev–Trinajstić information content (AvgIpc) is 2.24. The molecule has 1 fully saturated rings. The Morgan fingerprint density at radius 3 is 2.06 bits per heavy atom. The van der Waals surface area contributed by atoms with Gasteiger partial charge in [0.1, 0.15) is 0 Å². The topological polar surface area (TPSA) is 57.6 Å². The first-order valence-corrected chi connectivity index (χ1v) is 6.51. The molecule has 0 saturated carbocycles. The summed E-state index contributed by atoms with van der Waals surface area (Å²) < 4.78 is 61.7. The third kappa shape index (κ3) is 2.36. The van der Waals surface area contributed by atoms with E-state index in [0.717, 1.165) is 28.6 Å². The van der Waals surface area contributed by atoms with Crippen LogP contribution in [0.1, 0.15) is 5.56 Å². The maximum Gasteiger partial charge on any atom is 0.416 e. The Morgan fingerprint density at radius 2 is 1.67 bits per heavy atom. The molecule has 2 rings (SSSR count). The van der Waals surface area contributed by atoms with E-state index in [0.29, 0.717) is 0 Å².